The van der Waals surface area contributed by atoms with E-state index in [1.807, 2.05) is 0 Å². The van der Waals surface area contributed by atoms with Crippen LogP contribution in [0.3, 0.4) is 0 Å². The molecule has 4 rings (SSSR count). The summed E-state index contributed by atoms with van der Waals surface area (Å²) in [6.07, 6.45) is 8.90. The smallest absolute Gasteiger partial charge is 0.341 e. The van der Waals surface area contributed by atoms with Crippen molar-refractivity contribution >= 4 is 28.2 Å². The van der Waals surface area contributed by atoms with Gasteiger partial charge in [0.15, 0.2) is 0 Å². The van der Waals surface area contributed by atoms with Crippen LogP contribution in [0, 0.1) is 17.8 Å². The van der Waals surface area contributed by atoms with E-state index in [0.29, 0.717) is 11.5 Å². The molecule has 4 nitrogen and oxygen atoms in total. The standard InChI is InChI=1S/C18H23NO3S/c1-22-18(21)15-12-4-2-3-5-14(12)23-17(15)19-16(20)13-9-10-6-7-11(13)8-10/h10-11,13H,2-9H2,1H3,(H,19,20). The molecule has 0 spiro atoms. The Morgan fingerprint density at radius 3 is 2.70 bits per heavy atom. The number of aryl methyl sites for hydroxylation is 1. The number of hydrogen-bond donors (Lipinski definition) is 1. The molecule has 0 aromatic carbocycles. The Kier molecular flexibility index (Phi) is 3.92. The predicted molar refractivity (Wildman–Crippen MR) is 89.9 cm³/mol. The van der Waals surface area contributed by atoms with Gasteiger partial charge in [0, 0.05) is 10.8 Å². The van der Waals surface area contributed by atoms with Gasteiger partial charge in [0.2, 0.25) is 5.91 Å². The van der Waals surface area contributed by atoms with Crippen LogP contribution in [-0.2, 0) is 22.4 Å². The Bertz CT molecular complexity index is 651. The van der Waals surface area contributed by atoms with Crippen molar-refractivity contribution in [2.45, 2.75) is 51.4 Å². The normalized spacial score (nSPS) is 28.5. The first kappa shape index (κ1) is 15.2. The van der Waals surface area contributed by atoms with Gasteiger partial charge in [-0.2, -0.15) is 0 Å². The van der Waals surface area contributed by atoms with Crippen LogP contribution in [0.1, 0.15) is 59.3 Å². The Morgan fingerprint density at radius 2 is 2.00 bits per heavy atom. The largest absolute Gasteiger partial charge is 0.465 e. The number of anilines is 1. The van der Waals surface area contributed by atoms with Crippen LogP contribution in [0.5, 0.6) is 0 Å². The van der Waals surface area contributed by atoms with E-state index in [-0.39, 0.29) is 17.8 Å². The second-order valence-electron chi connectivity index (χ2n) is 7.18. The maximum absolute atomic E-state index is 12.7. The second kappa shape index (κ2) is 5.93. The van der Waals surface area contributed by atoms with Crippen molar-refractivity contribution in [3.63, 3.8) is 0 Å². The molecule has 5 heteroatoms. The Balaban J connectivity index is 1.59. The van der Waals surface area contributed by atoms with Crippen LogP contribution < -0.4 is 5.32 Å². The molecule has 0 aliphatic heterocycles. The molecular weight excluding hydrogens is 310 g/mol. The maximum atomic E-state index is 12.7. The van der Waals surface area contributed by atoms with Crippen LogP contribution in [-0.4, -0.2) is 19.0 Å². The van der Waals surface area contributed by atoms with Crippen LogP contribution in [0.2, 0.25) is 0 Å². The first-order valence-electron chi connectivity index (χ1n) is 8.71. The fourth-order valence-corrected chi connectivity index (χ4v) is 6.02. The summed E-state index contributed by atoms with van der Waals surface area (Å²) in [6.45, 7) is 0. The van der Waals surface area contributed by atoms with E-state index in [4.69, 9.17) is 4.74 Å². The molecule has 3 atom stereocenters. The fourth-order valence-electron chi connectivity index (χ4n) is 4.74. The van der Waals surface area contributed by atoms with E-state index in [1.54, 1.807) is 11.3 Å². The summed E-state index contributed by atoms with van der Waals surface area (Å²) in [5, 5.41) is 3.81. The molecule has 2 fully saturated rings. The minimum Gasteiger partial charge on any atom is -0.465 e. The van der Waals surface area contributed by atoms with Gasteiger partial charge in [-0.1, -0.05) is 6.42 Å². The first-order chi connectivity index (χ1) is 11.2. The molecular formula is C18H23NO3S. The van der Waals surface area contributed by atoms with Crippen molar-refractivity contribution in [3.05, 3.63) is 16.0 Å². The summed E-state index contributed by atoms with van der Waals surface area (Å²) in [5.74, 6) is 1.23. The summed E-state index contributed by atoms with van der Waals surface area (Å²) in [5.41, 5.74) is 1.72. The lowest BCUT2D eigenvalue weighted by molar-refractivity contribution is -0.121. The third-order valence-corrected chi connectivity index (χ3v) is 7.08. The number of rotatable bonds is 3. The molecule has 1 N–H and O–H groups in total. The number of thiophene rings is 1. The van der Waals surface area contributed by atoms with Gasteiger partial charge < -0.3 is 10.1 Å². The Morgan fingerprint density at radius 1 is 1.17 bits per heavy atom. The lowest BCUT2D eigenvalue weighted by Crippen LogP contribution is -2.27. The van der Waals surface area contributed by atoms with Crippen molar-refractivity contribution in [2.24, 2.45) is 17.8 Å². The summed E-state index contributed by atoms with van der Waals surface area (Å²) >= 11 is 1.58. The monoisotopic (exact) mass is 333 g/mol. The summed E-state index contributed by atoms with van der Waals surface area (Å²) < 4.78 is 4.97. The maximum Gasteiger partial charge on any atom is 0.341 e. The zero-order valence-corrected chi connectivity index (χ0v) is 14.3. The number of fused-ring (bicyclic) bond motifs is 3. The molecule has 1 amide bonds. The number of amides is 1. The van der Waals surface area contributed by atoms with Gasteiger partial charge in [-0.3, -0.25) is 4.79 Å². The molecule has 1 heterocycles. The lowest BCUT2D eigenvalue weighted by Gasteiger charge is -2.20. The van der Waals surface area contributed by atoms with Gasteiger partial charge in [-0.15, -0.1) is 11.3 Å². The van der Waals surface area contributed by atoms with Crippen molar-refractivity contribution in [1.82, 2.24) is 0 Å². The zero-order valence-electron chi connectivity index (χ0n) is 13.5. The molecule has 2 bridgehead atoms. The molecule has 3 aliphatic rings. The Labute approximate surface area is 140 Å². The number of hydrogen-bond acceptors (Lipinski definition) is 4. The number of esters is 1. The topological polar surface area (TPSA) is 55.4 Å². The molecule has 3 aliphatic carbocycles. The molecule has 1 aromatic rings. The predicted octanol–water partition coefficient (Wildman–Crippen LogP) is 3.79. The number of ether oxygens (including phenoxy) is 1. The van der Waals surface area contributed by atoms with Crippen LogP contribution >= 0.6 is 11.3 Å². The molecule has 1 aromatic heterocycles. The van der Waals surface area contributed by atoms with Crippen molar-refractivity contribution in [3.8, 4) is 0 Å². The van der Waals surface area contributed by atoms with Crippen LogP contribution in [0.15, 0.2) is 0 Å². The summed E-state index contributed by atoms with van der Waals surface area (Å²) in [6, 6.07) is 0. The van der Waals surface area contributed by atoms with E-state index in [1.165, 1.54) is 31.2 Å². The molecule has 23 heavy (non-hydrogen) atoms. The van der Waals surface area contributed by atoms with Crippen molar-refractivity contribution in [1.29, 1.82) is 0 Å². The van der Waals surface area contributed by atoms with Crippen molar-refractivity contribution < 1.29 is 14.3 Å². The highest BCUT2D eigenvalue weighted by atomic mass is 32.1. The number of methoxy groups -OCH3 is 1. The SMILES string of the molecule is COC(=O)c1c(NC(=O)C2CC3CCC2C3)sc2c1CCCC2. The van der Waals surface area contributed by atoms with Gasteiger partial charge in [-0.05, 0) is 62.3 Å². The number of nitrogens with one attached hydrogen (secondary N) is 1. The van der Waals surface area contributed by atoms with Crippen LogP contribution in [0.25, 0.3) is 0 Å². The lowest BCUT2D eigenvalue weighted by atomic mass is 9.88. The summed E-state index contributed by atoms with van der Waals surface area (Å²) in [4.78, 5) is 26.2. The van der Waals surface area contributed by atoms with Gasteiger partial charge in [-0.25, -0.2) is 4.79 Å². The van der Waals surface area contributed by atoms with Gasteiger partial charge in [0.25, 0.3) is 0 Å². The van der Waals surface area contributed by atoms with E-state index < -0.39 is 0 Å². The van der Waals surface area contributed by atoms with E-state index in [2.05, 4.69) is 5.32 Å². The molecule has 2 saturated carbocycles. The van der Waals surface area contributed by atoms with Gasteiger partial charge in [0.05, 0.1) is 12.7 Å². The first-order valence-corrected chi connectivity index (χ1v) is 9.52. The van der Waals surface area contributed by atoms with E-state index in [0.717, 1.165) is 48.6 Å². The molecule has 0 saturated heterocycles. The fraction of sp³-hybridized carbons (Fsp3) is 0.667. The third-order valence-electron chi connectivity index (χ3n) is 5.87. The second-order valence-corrected chi connectivity index (χ2v) is 8.28. The minimum atomic E-state index is -0.312. The average Bonchev–Trinajstić information content (AvgIpc) is 3.27. The van der Waals surface area contributed by atoms with Crippen LogP contribution in [0.4, 0.5) is 5.00 Å². The molecule has 3 unspecified atom stereocenters. The zero-order chi connectivity index (χ0) is 16.0. The summed E-state index contributed by atoms with van der Waals surface area (Å²) in [7, 11) is 1.41. The molecule has 0 radical (unpaired) electrons. The Hall–Kier alpha value is -1.36. The van der Waals surface area contributed by atoms with E-state index >= 15 is 0 Å². The highest BCUT2D eigenvalue weighted by Crippen LogP contribution is 2.49. The quantitative estimate of drug-likeness (QED) is 0.856. The van der Waals surface area contributed by atoms with Gasteiger partial charge >= 0.3 is 5.97 Å². The number of carbonyl (C=O) groups excluding carboxylic acids is 2. The highest BCUT2D eigenvalue weighted by Gasteiger charge is 2.43. The molecule has 124 valence electrons. The number of carbonyl (C=O) groups is 2. The van der Waals surface area contributed by atoms with Gasteiger partial charge in [0.1, 0.15) is 5.00 Å². The highest BCUT2D eigenvalue weighted by molar-refractivity contribution is 7.17. The minimum absolute atomic E-state index is 0.112. The third kappa shape index (κ3) is 2.59. The van der Waals surface area contributed by atoms with E-state index in [9.17, 15) is 9.59 Å². The average molecular weight is 333 g/mol. The van der Waals surface area contributed by atoms with Crippen molar-refractivity contribution in [2.75, 3.05) is 12.4 Å².